The van der Waals surface area contributed by atoms with Gasteiger partial charge in [0.05, 0.1) is 23.6 Å². The number of hydroxylamine groups is 1. The van der Waals surface area contributed by atoms with Crippen molar-refractivity contribution in [3.63, 3.8) is 0 Å². The Bertz CT molecular complexity index is 904. The number of hydrogen-bond donors (Lipinski definition) is 1. The molecule has 118 valence electrons. The van der Waals surface area contributed by atoms with Gasteiger partial charge >= 0.3 is 0 Å². The maximum Gasteiger partial charge on any atom is 0.264 e. The van der Waals surface area contributed by atoms with Gasteiger partial charge in [-0.15, -0.1) is 0 Å². The van der Waals surface area contributed by atoms with Gasteiger partial charge in [-0.25, -0.2) is 15.0 Å². The Hall–Kier alpha value is -2.73. The summed E-state index contributed by atoms with van der Waals surface area (Å²) in [5.74, 6) is 0.227. The van der Waals surface area contributed by atoms with Gasteiger partial charge in [0.1, 0.15) is 5.39 Å². The lowest BCUT2D eigenvalue weighted by molar-refractivity contribution is 0.227. The number of anilines is 1. The Morgan fingerprint density at radius 2 is 1.91 bits per heavy atom. The minimum Gasteiger partial charge on any atom is -0.302 e. The van der Waals surface area contributed by atoms with Crippen molar-refractivity contribution < 1.29 is 5.21 Å². The summed E-state index contributed by atoms with van der Waals surface area (Å²) in [7, 11) is 1.63. The first-order chi connectivity index (χ1) is 11.0. The highest BCUT2D eigenvalue weighted by atomic mass is 16.5. The van der Waals surface area contributed by atoms with Crippen LogP contribution in [0, 0.1) is 0 Å². The number of rotatable bonds is 3. The fourth-order valence-electron chi connectivity index (χ4n) is 2.37. The van der Waals surface area contributed by atoms with E-state index in [-0.39, 0.29) is 17.4 Å². The van der Waals surface area contributed by atoms with Gasteiger partial charge in [-0.05, 0) is 19.9 Å². The van der Waals surface area contributed by atoms with E-state index in [2.05, 4.69) is 9.97 Å². The van der Waals surface area contributed by atoms with Crippen molar-refractivity contribution in [3.05, 3.63) is 53.1 Å². The van der Waals surface area contributed by atoms with Crippen LogP contribution in [0.1, 0.15) is 13.8 Å². The van der Waals surface area contributed by atoms with Crippen LogP contribution in [0.3, 0.4) is 0 Å². The maximum absolute atomic E-state index is 12.5. The Kier molecular flexibility index (Phi) is 3.83. The summed E-state index contributed by atoms with van der Waals surface area (Å²) in [4.78, 5) is 21.3. The van der Waals surface area contributed by atoms with Crippen LogP contribution in [0.4, 0.5) is 5.82 Å². The van der Waals surface area contributed by atoms with Crippen LogP contribution < -0.4 is 10.6 Å². The SMILES string of the molecule is CC(C)N(O)c1nc(-c2ccccc2)cc2ncn(C)c(=O)c12. The molecule has 2 aromatic heterocycles. The van der Waals surface area contributed by atoms with Gasteiger partial charge in [-0.1, -0.05) is 30.3 Å². The Morgan fingerprint density at radius 3 is 2.57 bits per heavy atom. The Labute approximate surface area is 133 Å². The second kappa shape index (κ2) is 5.81. The molecule has 1 aromatic carbocycles. The van der Waals surface area contributed by atoms with E-state index in [9.17, 15) is 10.0 Å². The van der Waals surface area contributed by atoms with Crippen molar-refractivity contribution in [2.24, 2.45) is 7.05 Å². The lowest BCUT2D eigenvalue weighted by Gasteiger charge is -2.22. The second-order valence-electron chi connectivity index (χ2n) is 5.69. The van der Waals surface area contributed by atoms with E-state index in [1.165, 1.54) is 10.9 Å². The fraction of sp³-hybridized carbons (Fsp3) is 0.235. The molecule has 2 heterocycles. The molecule has 0 atom stereocenters. The molecule has 0 bridgehead atoms. The molecule has 0 radical (unpaired) electrons. The molecule has 1 N–H and O–H groups in total. The number of nitrogens with zero attached hydrogens (tertiary/aromatic N) is 4. The van der Waals surface area contributed by atoms with E-state index >= 15 is 0 Å². The van der Waals surface area contributed by atoms with Crippen molar-refractivity contribution in [3.8, 4) is 11.3 Å². The first-order valence-corrected chi connectivity index (χ1v) is 7.39. The van der Waals surface area contributed by atoms with Gasteiger partial charge in [0, 0.05) is 12.6 Å². The van der Waals surface area contributed by atoms with Gasteiger partial charge in [-0.2, -0.15) is 0 Å². The van der Waals surface area contributed by atoms with Gasteiger partial charge in [-0.3, -0.25) is 10.0 Å². The van der Waals surface area contributed by atoms with E-state index in [0.717, 1.165) is 10.6 Å². The third-order valence-corrected chi connectivity index (χ3v) is 3.66. The molecule has 0 amide bonds. The molecule has 0 saturated carbocycles. The average Bonchev–Trinajstić information content (AvgIpc) is 2.57. The second-order valence-corrected chi connectivity index (χ2v) is 5.69. The molecule has 0 aliphatic carbocycles. The minimum atomic E-state index is -0.239. The van der Waals surface area contributed by atoms with Gasteiger partial charge in [0.2, 0.25) is 0 Å². The first-order valence-electron chi connectivity index (χ1n) is 7.39. The van der Waals surface area contributed by atoms with Crippen LogP contribution in [0.2, 0.25) is 0 Å². The number of aromatic nitrogens is 3. The van der Waals surface area contributed by atoms with Crippen molar-refractivity contribution in [1.82, 2.24) is 14.5 Å². The first kappa shape index (κ1) is 15.2. The molecule has 0 aliphatic rings. The van der Waals surface area contributed by atoms with Crippen LogP contribution >= 0.6 is 0 Å². The summed E-state index contributed by atoms with van der Waals surface area (Å²) < 4.78 is 1.38. The third kappa shape index (κ3) is 2.68. The highest BCUT2D eigenvalue weighted by molar-refractivity contribution is 5.91. The molecular formula is C17H18N4O2. The number of hydrogen-bond acceptors (Lipinski definition) is 5. The molecule has 6 heteroatoms. The number of pyridine rings is 1. The number of benzene rings is 1. The van der Waals surface area contributed by atoms with Gasteiger partial charge in [0.15, 0.2) is 5.82 Å². The van der Waals surface area contributed by atoms with Crippen LogP contribution in [0.5, 0.6) is 0 Å². The molecule has 0 saturated heterocycles. The number of aryl methyl sites for hydroxylation is 1. The van der Waals surface area contributed by atoms with Crippen molar-refractivity contribution in [2.45, 2.75) is 19.9 Å². The zero-order chi connectivity index (χ0) is 16.6. The molecule has 3 rings (SSSR count). The Morgan fingerprint density at radius 1 is 1.22 bits per heavy atom. The molecule has 0 fully saturated rings. The molecule has 6 nitrogen and oxygen atoms in total. The third-order valence-electron chi connectivity index (χ3n) is 3.66. The molecule has 0 aliphatic heterocycles. The van der Waals surface area contributed by atoms with Crippen LogP contribution in [0.15, 0.2) is 47.5 Å². The van der Waals surface area contributed by atoms with Crippen LogP contribution in [-0.4, -0.2) is 25.8 Å². The van der Waals surface area contributed by atoms with Crippen LogP contribution in [0.25, 0.3) is 22.2 Å². The smallest absolute Gasteiger partial charge is 0.264 e. The Balaban J connectivity index is 2.36. The maximum atomic E-state index is 12.5. The molecule has 0 spiro atoms. The lowest BCUT2D eigenvalue weighted by atomic mass is 10.1. The summed E-state index contributed by atoms with van der Waals surface area (Å²) in [5.41, 5.74) is 1.83. The summed E-state index contributed by atoms with van der Waals surface area (Å²) in [6.07, 6.45) is 1.47. The molecule has 0 unspecified atom stereocenters. The van der Waals surface area contributed by atoms with Crippen molar-refractivity contribution in [2.75, 3.05) is 5.06 Å². The van der Waals surface area contributed by atoms with Gasteiger partial charge in [0.25, 0.3) is 5.56 Å². The highest BCUT2D eigenvalue weighted by Crippen LogP contribution is 2.27. The minimum absolute atomic E-state index is 0.221. The lowest BCUT2D eigenvalue weighted by Crippen LogP contribution is -2.30. The number of fused-ring (bicyclic) bond motifs is 1. The van der Waals surface area contributed by atoms with Gasteiger partial charge < -0.3 is 4.57 Å². The van der Waals surface area contributed by atoms with Crippen LogP contribution in [-0.2, 0) is 7.05 Å². The largest absolute Gasteiger partial charge is 0.302 e. The summed E-state index contributed by atoms with van der Waals surface area (Å²) in [6, 6.07) is 11.2. The summed E-state index contributed by atoms with van der Waals surface area (Å²) >= 11 is 0. The topological polar surface area (TPSA) is 71.2 Å². The molecular weight excluding hydrogens is 292 g/mol. The average molecular weight is 310 g/mol. The zero-order valence-electron chi connectivity index (χ0n) is 13.3. The standard InChI is InChI=1S/C17H18N4O2/c1-11(2)21(23)16-15-14(18-10-20(3)17(15)22)9-13(19-16)12-7-5-4-6-8-12/h4-11,23H,1-3H3. The summed E-state index contributed by atoms with van der Waals surface area (Å²) in [6.45, 7) is 3.65. The van der Waals surface area contributed by atoms with E-state index in [1.807, 2.05) is 44.2 Å². The predicted molar refractivity (Wildman–Crippen MR) is 89.6 cm³/mol. The fourth-order valence-corrected chi connectivity index (χ4v) is 2.37. The van der Waals surface area contributed by atoms with E-state index in [4.69, 9.17) is 0 Å². The zero-order valence-corrected chi connectivity index (χ0v) is 13.3. The normalized spacial score (nSPS) is 11.2. The quantitative estimate of drug-likeness (QED) is 0.753. The predicted octanol–water partition coefficient (Wildman–Crippen LogP) is 2.60. The highest BCUT2D eigenvalue weighted by Gasteiger charge is 2.19. The van der Waals surface area contributed by atoms with E-state index < -0.39 is 0 Å². The van der Waals surface area contributed by atoms with Crippen molar-refractivity contribution >= 4 is 16.7 Å². The summed E-state index contributed by atoms with van der Waals surface area (Å²) in [5, 5.41) is 11.7. The van der Waals surface area contributed by atoms with E-state index in [0.29, 0.717) is 16.6 Å². The van der Waals surface area contributed by atoms with Crippen molar-refractivity contribution in [1.29, 1.82) is 0 Å². The monoisotopic (exact) mass is 310 g/mol. The molecule has 23 heavy (non-hydrogen) atoms. The molecule has 3 aromatic rings. The van der Waals surface area contributed by atoms with E-state index in [1.54, 1.807) is 13.1 Å².